The average molecular weight is 436 g/mol. The Labute approximate surface area is 179 Å². The van der Waals surface area contributed by atoms with Gasteiger partial charge in [0.05, 0.1) is 11.4 Å². The molecule has 1 aliphatic carbocycles. The largest absolute Gasteiger partial charge is 0.347 e. The minimum Gasteiger partial charge on any atom is -0.347 e. The van der Waals surface area contributed by atoms with Crippen LogP contribution in [0.4, 0.5) is 0 Å². The van der Waals surface area contributed by atoms with Crippen LogP contribution < -0.4 is 5.32 Å². The van der Waals surface area contributed by atoms with Gasteiger partial charge in [-0.2, -0.15) is 4.31 Å². The van der Waals surface area contributed by atoms with Gasteiger partial charge in [0.25, 0.3) is 0 Å². The van der Waals surface area contributed by atoms with E-state index in [9.17, 15) is 18.0 Å². The van der Waals surface area contributed by atoms with Crippen molar-refractivity contribution in [2.45, 2.75) is 57.8 Å². The van der Waals surface area contributed by atoms with Crippen molar-refractivity contribution in [3.63, 3.8) is 0 Å². The summed E-state index contributed by atoms with van der Waals surface area (Å²) < 4.78 is 27.8. The molecule has 1 N–H and O–H groups in total. The minimum absolute atomic E-state index is 0.0156. The van der Waals surface area contributed by atoms with E-state index < -0.39 is 10.0 Å². The molecule has 0 radical (unpaired) electrons. The fourth-order valence-electron chi connectivity index (χ4n) is 4.66. The van der Waals surface area contributed by atoms with Crippen LogP contribution in [0.1, 0.15) is 48.8 Å². The van der Waals surface area contributed by atoms with Crippen LogP contribution in [0.5, 0.6) is 0 Å². The van der Waals surface area contributed by atoms with Crippen molar-refractivity contribution < 1.29 is 18.0 Å². The Balaban J connectivity index is 1.55. The minimum atomic E-state index is -3.60. The van der Waals surface area contributed by atoms with Crippen molar-refractivity contribution >= 4 is 21.8 Å². The van der Waals surface area contributed by atoms with Crippen molar-refractivity contribution in [1.82, 2.24) is 14.5 Å². The Morgan fingerprint density at radius 2 is 1.53 bits per heavy atom. The summed E-state index contributed by atoms with van der Waals surface area (Å²) in [4.78, 5) is 26.8. The predicted octanol–water partition coefficient (Wildman–Crippen LogP) is 2.14. The summed E-state index contributed by atoms with van der Waals surface area (Å²) in [6.45, 7) is 6.77. The second-order valence-corrected chi connectivity index (χ2v) is 10.4. The zero-order valence-corrected chi connectivity index (χ0v) is 19.1. The number of piperazine rings is 1. The zero-order chi connectivity index (χ0) is 21.9. The maximum atomic E-state index is 13.2. The van der Waals surface area contributed by atoms with Gasteiger partial charge in [-0.05, 0) is 44.7 Å². The molecule has 2 fully saturated rings. The van der Waals surface area contributed by atoms with Gasteiger partial charge in [0.15, 0.2) is 0 Å². The van der Waals surface area contributed by atoms with Gasteiger partial charge >= 0.3 is 0 Å². The maximum absolute atomic E-state index is 13.2. The van der Waals surface area contributed by atoms with Crippen LogP contribution in [-0.4, -0.2) is 62.2 Å². The summed E-state index contributed by atoms with van der Waals surface area (Å²) in [5, 5.41) is 2.77. The third-order valence-electron chi connectivity index (χ3n) is 6.18. The number of nitrogens with zero attached hydrogens (tertiary/aromatic N) is 2. The predicted molar refractivity (Wildman–Crippen MR) is 116 cm³/mol. The summed E-state index contributed by atoms with van der Waals surface area (Å²) in [5.41, 5.74) is 2.53. The molecule has 0 bridgehead atoms. The molecule has 2 aliphatic rings. The Kier molecular flexibility index (Phi) is 7.18. The first-order chi connectivity index (χ1) is 14.2. The highest BCUT2D eigenvalue weighted by atomic mass is 32.2. The highest BCUT2D eigenvalue weighted by molar-refractivity contribution is 7.89. The molecule has 1 aromatic carbocycles. The van der Waals surface area contributed by atoms with Crippen LogP contribution >= 0.6 is 0 Å². The fourth-order valence-corrected chi connectivity index (χ4v) is 6.50. The highest BCUT2D eigenvalue weighted by Gasteiger charge is 2.32. The maximum Gasteiger partial charge on any atom is 0.243 e. The normalized spacial score (nSPS) is 19.0. The van der Waals surface area contributed by atoms with E-state index in [4.69, 9.17) is 0 Å². The lowest BCUT2D eigenvalue weighted by molar-refractivity contribution is -0.135. The number of benzene rings is 1. The molecule has 7 nitrogen and oxygen atoms in total. The monoisotopic (exact) mass is 435 g/mol. The Hall–Kier alpha value is -1.93. The summed E-state index contributed by atoms with van der Waals surface area (Å²) in [5.74, 6) is -0.164. The number of aryl methyl sites for hydroxylation is 3. The molecule has 166 valence electrons. The van der Waals surface area contributed by atoms with Crippen LogP contribution in [0.2, 0.25) is 0 Å². The molecule has 0 spiro atoms. The number of nitrogens with one attached hydrogen (secondary N) is 1. The molecule has 2 amide bonds. The first kappa shape index (κ1) is 22.7. The van der Waals surface area contributed by atoms with E-state index in [-0.39, 0.29) is 37.4 Å². The van der Waals surface area contributed by atoms with Crippen LogP contribution in [0.3, 0.4) is 0 Å². The van der Waals surface area contributed by atoms with Crippen LogP contribution in [0.15, 0.2) is 17.0 Å². The average Bonchev–Trinajstić information content (AvgIpc) is 2.71. The van der Waals surface area contributed by atoms with Gasteiger partial charge in [-0.25, -0.2) is 8.42 Å². The van der Waals surface area contributed by atoms with E-state index in [0.717, 1.165) is 42.4 Å². The van der Waals surface area contributed by atoms with E-state index in [1.54, 1.807) is 4.90 Å². The Morgan fingerprint density at radius 1 is 0.967 bits per heavy atom. The van der Waals surface area contributed by atoms with Crippen molar-refractivity contribution in [1.29, 1.82) is 0 Å². The van der Waals surface area contributed by atoms with Gasteiger partial charge in [0, 0.05) is 32.1 Å². The van der Waals surface area contributed by atoms with Crippen LogP contribution in [0, 0.1) is 26.7 Å². The van der Waals surface area contributed by atoms with E-state index in [1.165, 1.54) is 10.7 Å². The topological polar surface area (TPSA) is 86.8 Å². The van der Waals surface area contributed by atoms with Gasteiger partial charge in [0.1, 0.15) is 0 Å². The van der Waals surface area contributed by atoms with Gasteiger partial charge in [-0.1, -0.05) is 37.0 Å². The fraction of sp³-hybridized carbons (Fsp3) is 0.636. The van der Waals surface area contributed by atoms with E-state index in [0.29, 0.717) is 18.0 Å². The first-order valence-electron chi connectivity index (χ1n) is 10.8. The summed E-state index contributed by atoms with van der Waals surface area (Å²) in [6.07, 6.45) is 5.12. The standard InChI is InChI=1S/C22H33N3O4S/c1-16-13-17(2)21(18(3)14-16)30(28,29)25-11-9-24(10-12-25)20(26)15-23-22(27)19-7-5-4-6-8-19/h13-14,19H,4-12,15H2,1-3H3,(H,23,27). The lowest BCUT2D eigenvalue weighted by atomic mass is 9.89. The first-order valence-corrected chi connectivity index (χ1v) is 12.3. The molecular weight excluding hydrogens is 402 g/mol. The lowest BCUT2D eigenvalue weighted by Gasteiger charge is -2.34. The summed E-state index contributed by atoms with van der Waals surface area (Å²) in [7, 11) is -3.60. The number of amides is 2. The van der Waals surface area contributed by atoms with Crippen molar-refractivity contribution in [3.8, 4) is 0 Å². The molecule has 3 rings (SSSR count). The number of carbonyl (C=O) groups is 2. The third-order valence-corrected chi connectivity index (χ3v) is 8.39. The second kappa shape index (κ2) is 9.47. The Morgan fingerprint density at radius 3 is 2.10 bits per heavy atom. The lowest BCUT2D eigenvalue weighted by Crippen LogP contribution is -2.53. The molecular formula is C22H33N3O4S. The summed E-state index contributed by atoms with van der Waals surface area (Å²) in [6, 6.07) is 3.77. The Bertz CT molecular complexity index is 876. The molecule has 1 saturated heterocycles. The molecule has 30 heavy (non-hydrogen) atoms. The molecule has 0 unspecified atom stereocenters. The highest BCUT2D eigenvalue weighted by Crippen LogP contribution is 2.26. The molecule has 1 aromatic rings. The molecule has 0 aromatic heterocycles. The zero-order valence-electron chi connectivity index (χ0n) is 18.2. The number of hydrogen-bond acceptors (Lipinski definition) is 4. The SMILES string of the molecule is Cc1cc(C)c(S(=O)(=O)N2CCN(C(=O)CNC(=O)C3CCCCC3)CC2)c(C)c1. The number of rotatable bonds is 5. The van der Waals surface area contributed by atoms with Crippen LogP contribution in [-0.2, 0) is 19.6 Å². The van der Waals surface area contributed by atoms with Crippen LogP contribution in [0.25, 0.3) is 0 Å². The molecule has 1 saturated carbocycles. The van der Waals surface area contributed by atoms with E-state index >= 15 is 0 Å². The molecule has 8 heteroatoms. The number of hydrogen-bond donors (Lipinski definition) is 1. The molecule has 1 heterocycles. The number of sulfonamides is 1. The van der Waals surface area contributed by atoms with Crippen molar-refractivity contribution in [2.75, 3.05) is 32.7 Å². The van der Waals surface area contributed by atoms with Gasteiger partial charge in [-0.15, -0.1) is 0 Å². The smallest absolute Gasteiger partial charge is 0.243 e. The van der Waals surface area contributed by atoms with E-state index in [1.807, 2.05) is 32.9 Å². The second-order valence-electron chi connectivity index (χ2n) is 8.57. The van der Waals surface area contributed by atoms with Crippen molar-refractivity contribution in [2.24, 2.45) is 5.92 Å². The quantitative estimate of drug-likeness (QED) is 0.768. The van der Waals surface area contributed by atoms with Gasteiger partial charge in [-0.3, -0.25) is 9.59 Å². The van der Waals surface area contributed by atoms with Crippen molar-refractivity contribution in [3.05, 3.63) is 28.8 Å². The molecule has 0 atom stereocenters. The number of carbonyl (C=O) groups excluding carboxylic acids is 2. The van der Waals surface area contributed by atoms with Gasteiger partial charge < -0.3 is 10.2 Å². The third kappa shape index (κ3) is 5.03. The summed E-state index contributed by atoms with van der Waals surface area (Å²) >= 11 is 0. The molecule has 1 aliphatic heterocycles. The van der Waals surface area contributed by atoms with E-state index in [2.05, 4.69) is 5.32 Å². The van der Waals surface area contributed by atoms with Gasteiger partial charge in [0.2, 0.25) is 21.8 Å².